The minimum Gasteiger partial charge on any atom is -0.298 e. The van der Waals surface area contributed by atoms with Gasteiger partial charge in [0.15, 0.2) is 7.29 Å². The van der Waals surface area contributed by atoms with E-state index in [4.69, 9.17) is 0 Å². The molecule has 0 aromatic rings. The summed E-state index contributed by atoms with van der Waals surface area (Å²) < 4.78 is 12.7. The Balaban J connectivity index is 2.96. The Morgan fingerprint density at radius 3 is 2.45 bits per heavy atom. The molecule has 5 heteroatoms. The molecule has 0 aliphatic carbocycles. The molecule has 0 spiro atoms. The van der Waals surface area contributed by atoms with Gasteiger partial charge in [0.2, 0.25) is 5.91 Å². The molecule has 1 aliphatic rings. The molecule has 62 valence electrons. The van der Waals surface area contributed by atoms with Crippen molar-refractivity contribution in [2.75, 3.05) is 12.8 Å². The first kappa shape index (κ1) is 8.47. The maximum atomic E-state index is 11.6. The van der Waals surface area contributed by atoms with Gasteiger partial charge in [-0.15, -0.1) is 0 Å². The van der Waals surface area contributed by atoms with E-state index in [0.29, 0.717) is 6.16 Å². The zero-order valence-corrected chi connectivity index (χ0v) is 7.76. The smallest absolute Gasteiger partial charge is 0.245 e. The number of amides is 1. The molecule has 1 aliphatic heterocycles. The molecule has 0 aromatic heterocycles. The van der Waals surface area contributed by atoms with E-state index in [1.54, 1.807) is 13.6 Å². The summed E-state index contributed by atoms with van der Waals surface area (Å²) in [4.78, 5) is 10.9. The van der Waals surface area contributed by atoms with Gasteiger partial charge in [-0.3, -0.25) is 9.36 Å². The van der Waals surface area contributed by atoms with Gasteiger partial charge in [-0.05, 0) is 6.92 Å². The molecular weight excluding hydrogens is 163 g/mol. The predicted molar refractivity (Wildman–Crippen MR) is 44.0 cm³/mol. The standard InChI is InChI=1S/C6H11N2O2P/c1-5-4-11(3,10)8(7-5)6(2)9/h4H2,1-3H3. The maximum Gasteiger partial charge on any atom is 0.245 e. The molecule has 4 nitrogen and oxygen atoms in total. The van der Waals surface area contributed by atoms with Crippen LogP contribution in [0.15, 0.2) is 5.10 Å². The van der Waals surface area contributed by atoms with Gasteiger partial charge >= 0.3 is 0 Å². The van der Waals surface area contributed by atoms with E-state index >= 15 is 0 Å². The van der Waals surface area contributed by atoms with Gasteiger partial charge in [-0.2, -0.15) is 9.88 Å². The molecule has 0 saturated heterocycles. The fourth-order valence-corrected chi connectivity index (χ4v) is 3.13. The van der Waals surface area contributed by atoms with Crippen molar-refractivity contribution in [3.8, 4) is 0 Å². The minimum atomic E-state index is -2.49. The van der Waals surface area contributed by atoms with Gasteiger partial charge in [-0.25, -0.2) is 0 Å². The van der Waals surface area contributed by atoms with Gasteiger partial charge in [0, 0.05) is 19.3 Å². The van der Waals surface area contributed by atoms with Crippen LogP contribution in [0.4, 0.5) is 0 Å². The van der Waals surface area contributed by atoms with Crippen LogP contribution in [0.5, 0.6) is 0 Å². The zero-order chi connectivity index (χ0) is 8.65. The number of hydrogen-bond acceptors (Lipinski definition) is 3. The third-order valence-corrected chi connectivity index (χ3v) is 3.69. The fraction of sp³-hybridized carbons (Fsp3) is 0.667. The second kappa shape index (κ2) is 2.45. The molecule has 0 bridgehead atoms. The van der Waals surface area contributed by atoms with E-state index in [-0.39, 0.29) is 5.91 Å². The zero-order valence-electron chi connectivity index (χ0n) is 6.87. The first-order valence-corrected chi connectivity index (χ1v) is 5.64. The van der Waals surface area contributed by atoms with Crippen molar-refractivity contribution in [3.63, 3.8) is 0 Å². The number of hydrogen-bond donors (Lipinski definition) is 0. The van der Waals surface area contributed by atoms with E-state index in [1.807, 2.05) is 0 Å². The Labute approximate surface area is 65.7 Å². The number of hydrazone groups is 1. The molecule has 0 fully saturated rings. The first-order valence-electron chi connectivity index (χ1n) is 3.35. The van der Waals surface area contributed by atoms with Gasteiger partial charge in [0.05, 0.1) is 6.16 Å². The number of carbonyl (C=O) groups excluding carboxylic acids is 1. The molecular formula is C6H11N2O2P. The lowest BCUT2D eigenvalue weighted by molar-refractivity contribution is -0.124. The molecule has 0 radical (unpaired) electrons. The van der Waals surface area contributed by atoms with Gasteiger partial charge in [0.25, 0.3) is 0 Å². The summed E-state index contributed by atoms with van der Waals surface area (Å²) in [6, 6.07) is 0. The summed E-state index contributed by atoms with van der Waals surface area (Å²) in [5, 5.41) is 3.88. The largest absolute Gasteiger partial charge is 0.298 e. The molecule has 1 amide bonds. The predicted octanol–water partition coefficient (Wildman–Crippen LogP) is 1.13. The van der Waals surface area contributed by atoms with Crippen LogP contribution in [-0.2, 0) is 9.36 Å². The highest BCUT2D eigenvalue weighted by Gasteiger charge is 2.33. The van der Waals surface area contributed by atoms with Crippen molar-refractivity contribution >= 4 is 18.9 Å². The van der Waals surface area contributed by atoms with Crippen LogP contribution in [0.25, 0.3) is 0 Å². The van der Waals surface area contributed by atoms with Crippen LogP contribution in [-0.4, -0.2) is 29.2 Å². The van der Waals surface area contributed by atoms with Gasteiger partial charge in [-0.1, -0.05) is 0 Å². The molecule has 0 N–H and O–H groups in total. The number of rotatable bonds is 0. The Kier molecular flexibility index (Phi) is 1.89. The molecule has 1 unspecified atom stereocenters. The first-order chi connectivity index (χ1) is 4.93. The molecule has 1 atom stereocenters. The topological polar surface area (TPSA) is 49.7 Å². The van der Waals surface area contributed by atoms with E-state index in [9.17, 15) is 9.36 Å². The average Bonchev–Trinajstić information content (AvgIpc) is 2.04. The Morgan fingerprint density at radius 2 is 2.27 bits per heavy atom. The highest BCUT2D eigenvalue weighted by atomic mass is 31.2. The second-order valence-electron chi connectivity index (χ2n) is 2.85. The SMILES string of the molecule is CC(=O)N1N=C(C)CP1(C)=O. The van der Waals surface area contributed by atoms with E-state index in [0.717, 1.165) is 10.5 Å². The Hall–Kier alpha value is -0.630. The van der Waals surface area contributed by atoms with Crippen molar-refractivity contribution < 1.29 is 9.36 Å². The van der Waals surface area contributed by atoms with E-state index < -0.39 is 7.29 Å². The monoisotopic (exact) mass is 174 g/mol. The molecule has 11 heavy (non-hydrogen) atoms. The van der Waals surface area contributed by atoms with Crippen molar-refractivity contribution in [3.05, 3.63) is 0 Å². The highest BCUT2D eigenvalue weighted by Crippen LogP contribution is 2.49. The van der Waals surface area contributed by atoms with Crippen LogP contribution in [0.1, 0.15) is 13.8 Å². The van der Waals surface area contributed by atoms with Gasteiger partial charge < -0.3 is 0 Å². The third kappa shape index (κ3) is 1.51. The lowest BCUT2D eigenvalue weighted by atomic mass is 10.5. The second-order valence-corrected chi connectivity index (χ2v) is 5.65. The lowest BCUT2D eigenvalue weighted by Crippen LogP contribution is -2.15. The minimum absolute atomic E-state index is 0.243. The quantitative estimate of drug-likeness (QED) is 0.517. The van der Waals surface area contributed by atoms with Crippen molar-refractivity contribution in [2.45, 2.75) is 13.8 Å². The summed E-state index contributed by atoms with van der Waals surface area (Å²) >= 11 is 0. The third-order valence-electron chi connectivity index (χ3n) is 1.47. The molecule has 1 rings (SSSR count). The van der Waals surface area contributed by atoms with Crippen molar-refractivity contribution in [1.82, 2.24) is 4.78 Å². The summed E-state index contributed by atoms with van der Waals surface area (Å²) in [6.45, 7) is 4.73. The average molecular weight is 174 g/mol. The van der Waals surface area contributed by atoms with Crippen molar-refractivity contribution in [2.24, 2.45) is 5.10 Å². The van der Waals surface area contributed by atoms with E-state index in [2.05, 4.69) is 5.10 Å². The number of carbonyl (C=O) groups is 1. The maximum absolute atomic E-state index is 11.6. The molecule has 1 heterocycles. The number of nitrogens with zero attached hydrogens (tertiary/aromatic N) is 2. The summed E-state index contributed by atoms with van der Waals surface area (Å²) in [7, 11) is -2.49. The Bertz CT molecular complexity index is 272. The highest BCUT2D eigenvalue weighted by molar-refractivity contribution is 7.62. The van der Waals surface area contributed by atoms with Crippen LogP contribution in [0.3, 0.4) is 0 Å². The van der Waals surface area contributed by atoms with Crippen LogP contribution < -0.4 is 0 Å². The van der Waals surface area contributed by atoms with Crippen LogP contribution in [0.2, 0.25) is 0 Å². The summed E-state index contributed by atoms with van der Waals surface area (Å²) in [5.74, 6) is -0.243. The fourth-order valence-electron chi connectivity index (χ4n) is 1.15. The van der Waals surface area contributed by atoms with Gasteiger partial charge in [0.1, 0.15) is 0 Å². The normalized spacial score (nSPS) is 30.5. The Morgan fingerprint density at radius 1 is 1.73 bits per heavy atom. The lowest BCUT2D eigenvalue weighted by Gasteiger charge is -2.15. The molecule has 0 saturated carbocycles. The van der Waals surface area contributed by atoms with Crippen molar-refractivity contribution in [1.29, 1.82) is 0 Å². The summed E-state index contributed by atoms with van der Waals surface area (Å²) in [6.07, 6.45) is 0.437. The molecule has 0 aromatic carbocycles. The summed E-state index contributed by atoms with van der Waals surface area (Å²) in [5.41, 5.74) is 0.769. The van der Waals surface area contributed by atoms with Crippen LogP contribution in [0, 0.1) is 0 Å². The van der Waals surface area contributed by atoms with Crippen LogP contribution >= 0.6 is 7.29 Å². The van der Waals surface area contributed by atoms with E-state index in [1.165, 1.54) is 6.92 Å².